The van der Waals surface area contributed by atoms with Crippen molar-refractivity contribution in [1.82, 2.24) is 19.9 Å². The quantitative estimate of drug-likeness (QED) is 0.214. The molecule has 4 nitrogen and oxygen atoms in total. The number of hydrogen-bond donors (Lipinski definition) is 0. The minimum atomic E-state index is 0.648. The fourth-order valence-electron chi connectivity index (χ4n) is 5.90. The number of nitrogens with zero attached hydrogens (tertiary/aromatic N) is 4. The highest BCUT2D eigenvalue weighted by Gasteiger charge is 2.22. The van der Waals surface area contributed by atoms with Crippen molar-refractivity contribution >= 4 is 0 Å². The molecule has 0 amide bonds. The summed E-state index contributed by atoms with van der Waals surface area (Å²) in [6.07, 6.45) is 2.84. The molecule has 1 aliphatic rings. The Morgan fingerprint density at radius 3 is 1.65 bits per heavy atom. The molecule has 7 aromatic rings. The molecule has 202 valence electrons. The molecule has 2 heterocycles. The van der Waals surface area contributed by atoms with Crippen LogP contribution < -0.4 is 0 Å². The molecule has 0 saturated carbocycles. The van der Waals surface area contributed by atoms with E-state index in [-0.39, 0.29) is 0 Å². The van der Waals surface area contributed by atoms with Gasteiger partial charge in [0.1, 0.15) is 0 Å². The summed E-state index contributed by atoms with van der Waals surface area (Å²) >= 11 is 0. The monoisotopic (exact) mass is 550 g/mol. The van der Waals surface area contributed by atoms with Gasteiger partial charge in [-0.15, -0.1) is 0 Å². The lowest BCUT2D eigenvalue weighted by Crippen LogP contribution is -2.00. The number of pyridine rings is 1. The molecule has 5 aromatic carbocycles. The van der Waals surface area contributed by atoms with Gasteiger partial charge in [0.25, 0.3) is 0 Å². The molecule has 0 saturated heterocycles. The van der Waals surface area contributed by atoms with E-state index in [0.29, 0.717) is 17.5 Å². The van der Waals surface area contributed by atoms with Gasteiger partial charge in [-0.1, -0.05) is 127 Å². The average molecular weight is 551 g/mol. The molecule has 8 rings (SSSR count). The van der Waals surface area contributed by atoms with Crippen molar-refractivity contribution in [3.05, 3.63) is 157 Å². The van der Waals surface area contributed by atoms with Gasteiger partial charge in [0.05, 0.1) is 5.69 Å². The molecule has 43 heavy (non-hydrogen) atoms. The highest BCUT2D eigenvalue weighted by atomic mass is 15.0. The van der Waals surface area contributed by atoms with Crippen LogP contribution in [0.15, 0.2) is 146 Å². The summed E-state index contributed by atoms with van der Waals surface area (Å²) in [5.74, 6) is 1.96. The Balaban J connectivity index is 1.15. The van der Waals surface area contributed by atoms with Gasteiger partial charge in [-0.25, -0.2) is 15.0 Å². The second-order valence-corrected chi connectivity index (χ2v) is 10.7. The first-order valence-corrected chi connectivity index (χ1v) is 14.4. The number of fused-ring (bicyclic) bond motifs is 3. The Kier molecular flexibility index (Phi) is 6.16. The zero-order valence-corrected chi connectivity index (χ0v) is 23.4. The maximum absolute atomic E-state index is 4.91. The minimum Gasteiger partial charge on any atom is -0.256 e. The van der Waals surface area contributed by atoms with Crippen LogP contribution in [0.1, 0.15) is 11.1 Å². The number of aromatic nitrogens is 4. The van der Waals surface area contributed by atoms with Gasteiger partial charge in [-0.2, -0.15) is 0 Å². The van der Waals surface area contributed by atoms with Crippen LogP contribution in [0.25, 0.3) is 67.7 Å². The van der Waals surface area contributed by atoms with Crippen LogP contribution in [0.3, 0.4) is 0 Å². The highest BCUT2D eigenvalue weighted by Crippen LogP contribution is 2.40. The van der Waals surface area contributed by atoms with Crippen LogP contribution in [0.4, 0.5) is 0 Å². The molecule has 4 heteroatoms. The molecule has 0 radical (unpaired) electrons. The smallest absolute Gasteiger partial charge is 0.164 e. The molecule has 0 aliphatic heterocycles. The van der Waals surface area contributed by atoms with E-state index in [0.717, 1.165) is 45.5 Å². The summed E-state index contributed by atoms with van der Waals surface area (Å²) in [6.45, 7) is 0. The summed E-state index contributed by atoms with van der Waals surface area (Å²) in [6, 6.07) is 48.0. The second-order valence-electron chi connectivity index (χ2n) is 10.7. The average Bonchev–Trinajstić information content (AvgIpc) is 3.48. The Hall–Kier alpha value is -5.74. The largest absolute Gasteiger partial charge is 0.256 e. The van der Waals surface area contributed by atoms with E-state index in [1.54, 1.807) is 0 Å². The first kappa shape index (κ1) is 25.0. The predicted molar refractivity (Wildman–Crippen MR) is 173 cm³/mol. The van der Waals surface area contributed by atoms with Gasteiger partial charge in [0.15, 0.2) is 17.5 Å². The number of hydrogen-bond acceptors (Lipinski definition) is 4. The predicted octanol–water partition coefficient (Wildman–Crippen LogP) is 9.17. The van der Waals surface area contributed by atoms with Crippen LogP contribution in [0.2, 0.25) is 0 Å². The summed E-state index contributed by atoms with van der Waals surface area (Å²) in [5.41, 5.74) is 12.5. The second kappa shape index (κ2) is 10.6. The Bertz CT molecular complexity index is 2030. The van der Waals surface area contributed by atoms with Crippen molar-refractivity contribution in [1.29, 1.82) is 0 Å². The zero-order valence-electron chi connectivity index (χ0n) is 23.4. The van der Waals surface area contributed by atoms with Gasteiger partial charge >= 0.3 is 0 Å². The Morgan fingerprint density at radius 1 is 0.395 bits per heavy atom. The maximum Gasteiger partial charge on any atom is 0.164 e. The van der Waals surface area contributed by atoms with Crippen molar-refractivity contribution < 1.29 is 0 Å². The topological polar surface area (TPSA) is 51.6 Å². The third kappa shape index (κ3) is 4.69. The van der Waals surface area contributed by atoms with E-state index >= 15 is 0 Å². The van der Waals surface area contributed by atoms with Gasteiger partial charge in [0, 0.05) is 34.9 Å². The van der Waals surface area contributed by atoms with E-state index in [2.05, 4.69) is 78.9 Å². The van der Waals surface area contributed by atoms with Crippen molar-refractivity contribution in [2.75, 3.05) is 0 Å². The highest BCUT2D eigenvalue weighted by molar-refractivity contribution is 5.83. The van der Waals surface area contributed by atoms with Crippen LogP contribution in [-0.4, -0.2) is 19.9 Å². The molecule has 0 fully saturated rings. The lowest BCUT2D eigenvalue weighted by molar-refractivity contribution is 1.07. The number of benzene rings is 5. The van der Waals surface area contributed by atoms with E-state index in [9.17, 15) is 0 Å². The number of rotatable bonds is 5. The molecule has 0 bridgehead atoms. The SMILES string of the molecule is c1ccc(-c2nc(-c3ccccc3)nc(-c3cccc(-c4ccc(-c5nccc6c5Cc5ccccc5-6)cc4)c3)n2)cc1. The van der Waals surface area contributed by atoms with Gasteiger partial charge in [-0.05, 0) is 45.5 Å². The fraction of sp³-hybridized carbons (Fsp3) is 0.0256. The van der Waals surface area contributed by atoms with Crippen molar-refractivity contribution in [3.8, 4) is 67.7 Å². The fourth-order valence-corrected chi connectivity index (χ4v) is 5.90. The molecular formula is C39H26N4. The van der Waals surface area contributed by atoms with Crippen LogP contribution in [0.5, 0.6) is 0 Å². The summed E-state index contributed by atoms with van der Waals surface area (Å²) in [5, 5.41) is 0. The van der Waals surface area contributed by atoms with Crippen LogP contribution in [-0.2, 0) is 6.42 Å². The molecule has 0 atom stereocenters. The minimum absolute atomic E-state index is 0.648. The Morgan fingerprint density at radius 2 is 0.953 bits per heavy atom. The molecule has 0 spiro atoms. The van der Waals surface area contributed by atoms with E-state index in [1.165, 1.54) is 22.3 Å². The standard InChI is InChI=1S/C39H26N4/c1-3-10-28(11-4-1)37-41-38(29-12-5-2-6-13-29)43-39(42-37)32-16-9-15-30(24-32)26-18-20-27(21-19-26)36-35-25-31-14-7-8-17-33(31)34(35)22-23-40-36/h1-24H,25H2. The van der Waals surface area contributed by atoms with E-state index < -0.39 is 0 Å². The molecular weight excluding hydrogens is 524 g/mol. The Labute approximate surface area is 250 Å². The lowest BCUT2D eigenvalue weighted by atomic mass is 9.98. The third-order valence-electron chi connectivity index (χ3n) is 8.04. The zero-order chi connectivity index (χ0) is 28.6. The van der Waals surface area contributed by atoms with Crippen molar-refractivity contribution in [3.63, 3.8) is 0 Å². The first-order valence-electron chi connectivity index (χ1n) is 14.4. The summed E-state index contributed by atoms with van der Waals surface area (Å²) in [7, 11) is 0. The molecule has 1 aliphatic carbocycles. The van der Waals surface area contributed by atoms with Gasteiger partial charge < -0.3 is 0 Å². The van der Waals surface area contributed by atoms with Crippen LogP contribution >= 0.6 is 0 Å². The summed E-state index contributed by atoms with van der Waals surface area (Å²) in [4.78, 5) is 19.4. The maximum atomic E-state index is 4.91. The molecule has 0 unspecified atom stereocenters. The molecule has 0 N–H and O–H groups in total. The third-order valence-corrected chi connectivity index (χ3v) is 8.04. The van der Waals surface area contributed by atoms with E-state index in [1.807, 2.05) is 66.9 Å². The first-order chi connectivity index (χ1) is 21.3. The normalized spacial score (nSPS) is 11.6. The van der Waals surface area contributed by atoms with Gasteiger partial charge in [0.2, 0.25) is 0 Å². The van der Waals surface area contributed by atoms with Crippen molar-refractivity contribution in [2.45, 2.75) is 6.42 Å². The van der Waals surface area contributed by atoms with Crippen LogP contribution in [0, 0.1) is 0 Å². The molecule has 2 aromatic heterocycles. The van der Waals surface area contributed by atoms with Gasteiger partial charge in [-0.3, -0.25) is 4.98 Å². The van der Waals surface area contributed by atoms with E-state index in [4.69, 9.17) is 19.9 Å². The summed E-state index contributed by atoms with van der Waals surface area (Å²) < 4.78 is 0. The van der Waals surface area contributed by atoms with Crippen molar-refractivity contribution in [2.24, 2.45) is 0 Å². The lowest BCUT2D eigenvalue weighted by Gasteiger charge is -2.11.